The average molecular weight is 471 g/mol. The first kappa shape index (κ1) is 22.5. The molecule has 35 heavy (non-hydrogen) atoms. The number of hydrogen-bond acceptors (Lipinski definition) is 6. The molecule has 0 spiro atoms. The smallest absolute Gasteiger partial charge is 0.411 e. The second kappa shape index (κ2) is 9.55. The Morgan fingerprint density at radius 1 is 1.26 bits per heavy atom. The van der Waals surface area contributed by atoms with Gasteiger partial charge < -0.3 is 18.5 Å². The van der Waals surface area contributed by atoms with Crippen molar-refractivity contribution in [1.82, 2.24) is 9.55 Å². The molecule has 1 N–H and O–H groups in total. The van der Waals surface area contributed by atoms with Gasteiger partial charge in [0, 0.05) is 23.2 Å². The van der Waals surface area contributed by atoms with Crippen molar-refractivity contribution in [3.63, 3.8) is 0 Å². The van der Waals surface area contributed by atoms with Crippen molar-refractivity contribution in [3.05, 3.63) is 66.4 Å². The third-order valence-corrected chi connectivity index (χ3v) is 6.15. The van der Waals surface area contributed by atoms with Crippen LogP contribution in [0.3, 0.4) is 0 Å². The third-order valence-electron chi connectivity index (χ3n) is 6.15. The summed E-state index contributed by atoms with van der Waals surface area (Å²) in [6.07, 6.45) is 5.53. The van der Waals surface area contributed by atoms with Gasteiger partial charge in [0.15, 0.2) is 6.39 Å². The molecule has 1 saturated carbocycles. The molecule has 1 amide bonds. The number of anilines is 1. The summed E-state index contributed by atoms with van der Waals surface area (Å²) in [4.78, 5) is 16.0. The minimum atomic E-state index is -0.493. The molecule has 8 heteroatoms. The summed E-state index contributed by atoms with van der Waals surface area (Å²) in [5, 5.41) is 13.8. The number of rotatable bonds is 7. The van der Waals surface area contributed by atoms with E-state index >= 15 is 0 Å². The van der Waals surface area contributed by atoms with Crippen LogP contribution in [0.4, 0.5) is 10.5 Å². The van der Waals surface area contributed by atoms with Gasteiger partial charge in [0.2, 0.25) is 0 Å². The maximum Gasteiger partial charge on any atom is 0.411 e. The lowest BCUT2D eigenvalue weighted by molar-refractivity contribution is 0.130. The van der Waals surface area contributed by atoms with E-state index in [0.717, 1.165) is 41.4 Å². The Hall–Kier alpha value is -4.25. The highest BCUT2D eigenvalue weighted by molar-refractivity contribution is 5.96. The highest BCUT2D eigenvalue weighted by atomic mass is 16.6. The van der Waals surface area contributed by atoms with E-state index in [2.05, 4.69) is 20.9 Å². The molecule has 4 aromatic rings. The number of ether oxygens (including phenoxy) is 2. The highest BCUT2D eigenvalue weighted by Gasteiger charge is 2.28. The number of benzene rings is 2. The van der Waals surface area contributed by atoms with Crippen LogP contribution >= 0.6 is 0 Å². The standard InChI is InChI=1S/C27H26N4O4/c1-17(2)35-27(32)30-19-8-6-18(7-9-19)26-24(13-28)23-11-10-22(34-15-20-14-33-16-29-20)12-25(23)31(26)21-4-3-5-21/h6-12,14,16-17,21H,3-5,15H2,1-2H3,(H,30,32). The molecule has 2 aromatic heterocycles. The second-order valence-corrected chi connectivity index (χ2v) is 8.89. The van der Waals surface area contributed by atoms with E-state index in [1.165, 1.54) is 6.39 Å². The summed E-state index contributed by atoms with van der Waals surface area (Å²) in [5.41, 5.74) is 4.75. The van der Waals surface area contributed by atoms with E-state index in [0.29, 0.717) is 35.3 Å². The summed E-state index contributed by atoms with van der Waals surface area (Å²) in [7, 11) is 0. The fourth-order valence-electron chi connectivity index (χ4n) is 4.34. The Balaban J connectivity index is 1.51. The summed E-state index contributed by atoms with van der Waals surface area (Å²) in [6.45, 7) is 3.91. The molecule has 2 aromatic carbocycles. The zero-order valence-electron chi connectivity index (χ0n) is 19.7. The normalized spacial score (nSPS) is 13.4. The van der Waals surface area contributed by atoms with Gasteiger partial charge in [-0.05, 0) is 62.9 Å². The Bertz CT molecular complexity index is 1380. The van der Waals surface area contributed by atoms with E-state index in [1.807, 2.05) is 42.5 Å². The molecule has 0 aliphatic heterocycles. The zero-order valence-corrected chi connectivity index (χ0v) is 19.7. The van der Waals surface area contributed by atoms with Gasteiger partial charge in [-0.1, -0.05) is 12.1 Å². The molecule has 0 radical (unpaired) electrons. The van der Waals surface area contributed by atoms with Crippen molar-refractivity contribution in [3.8, 4) is 23.1 Å². The Kier molecular flexibility index (Phi) is 6.15. The molecular formula is C27H26N4O4. The predicted octanol–water partition coefficient (Wildman–Crippen LogP) is 6.43. The van der Waals surface area contributed by atoms with Gasteiger partial charge >= 0.3 is 6.09 Å². The lowest BCUT2D eigenvalue weighted by atomic mass is 9.92. The molecule has 1 aliphatic rings. The first-order valence-corrected chi connectivity index (χ1v) is 11.7. The molecule has 2 heterocycles. The molecule has 1 fully saturated rings. The maximum atomic E-state index is 11.9. The van der Waals surface area contributed by atoms with Gasteiger partial charge in [-0.15, -0.1) is 0 Å². The SMILES string of the molecule is CC(C)OC(=O)Nc1ccc(-c2c(C#N)c3ccc(OCc4cocn4)cc3n2C2CCC2)cc1. The first-order valence-electron chi connectivity index (χ1n) is 11.7. The van der Waals surface area contributed by atoms with Crippen LogP contribution in [-0.2, 0) is 11.3 Å². The van der Waals surface area contributed by atoms with Crippen LogP contribution in [0, 0.1) is 11.3 Å². The number of oxazole rings is 1. The topological polar surface area (TPSA) is 102 Å². The van der Waals surface area contributed by atoms with E-state index < -0.39 is 6.09 Å². The zero-order chi connectivity index (χ0) is 24.4. The van der Waals surface area contributed by atoms with Gasteiger partial charge in [0.05, 0.1) is 22.9 Å². The van der Waals surface area contributed by atoms with Gasteiger partial charge in [-0.3, -0.25) is 5.32 Å². The number of amides is 1. The maximum absolute atomic E-state index is 11.9. The van der Waals surface area contributed by atoms with Crippen molar-refractivity contribution in [1.29, 1.82) is 5.26 Å². The number of carbonyl (C=O) groups is 1. The molecule has 178 valence electrons. The number of fused-ring (bicyclic) bond motifs is 1. The Morgan fingerprint density at radius 3 is 2.69 bits per heavy atom. The van der Waals surface area contributed by atoms with Crippen molar-refractivity contribution in [2.45, 2.75) is 51.9 Å². The minimum absolute atomic E-state index is 0.199. The average Bonchev–Trinajstić information content (AvgIpc) is 3.43. The van der Waals surface area contributed by atoms with E-state index in [1.54, 1.807) is 20.1 Å². The quantitative estimate of drug-likeness (QED) is 0.334. The number of hydrogen-bond donors (Lipinski definition) is 1. The monoisotopic (exact) mass is 470 g/mol. The minimum Gasteiger partial charge on any atom is -0.487 e. The molecular weight excluding hydrogens is 444 g/mol. The summed E-state index contributed by atoms with van der Waals surface area (Å²) in [5.74, 6) is 0.706. The van der Waals surface area contributed by atoms with Crippen molar-refractivity contribution in [2.24, 2.45) is 0 Å². The second-order valence-electron chi connectivity index (χ2n) is 8.89. The molecule has 1 aliphatic carbocycles. The molecule has 0 unspecified atom stereocenters. The van der Waals surface area contributed by atoms with E-state index in [9.17, 15) is 10.1 Å². The lowest BCUT2D eigenvalue weighted by Gasteiger charge is -2.30. The van der Waals surface area contributed by atoms with Crippen LogP contribution < -0.4 is 10.1 Å². The molecule has 0 atom stereocenters. The van der Waals surface area contributed by atoms with Gasteiger partial charge in [-0.25, -0.2) is 9.78 Å². The third kappa shape index (κ3) is 4.58. The summed E-state index contributed by atoms with van der Waals surface area (Å²) < 4.78 is 18.4. The van der Waals surface area contributed by atoms with Crippen LogP contribution in [0.15, 0.2) is 59.5 Å². The van der Waals surface area contributed by atoms with Crippen molar-refractivity contribution < 1.29 is 18.7 Å². The van der Waals surface area contributed by atoms with Crippen LogP contribution in [0.5, 0.6) is 5.75 Å². The number of aromatic nitrogens is 2. The highest BCUT2D eigenvalue weighted by Crippen LogP contribution is 2.43. The van der Waals surface area contributed by atoms with Crippen molar-refractivity contribution in [2.75, 3.05) is 5.32 Å². The first-order chi connectivity index (χ1) is 17.0. The van der Waals surface area contributed by atoms with Gasteiger partial charge in [-0.2, -0.15) is 5.26 Å². The summed E-state index contributed by atoms with van der Waals surface area (Å²) in [6, 6.07) is 16.1. The van der Waals surface area contributed by atoms with Crippen LogP contribution in [0.25, 0.3) is 22.2 Å². The van der Waals surface area contributed by atoms with Gasteiger partial charge in [0.1, 0.15) is 30.4 Å². The van der Waals surface area contributed by atoms with Crippen LogP contribution in [0.1, 0.15) is 50.4 Å². The summed E-state index contributed by atoms with van der Waals surface area (Å²) >= 11 is 0. The van der Waals surface area contributed by atoms with Crippen molar-refractivity contribution >= 4 is 22.7 Å². The van der Waals surface area contributed by atoms with E-state index in [4.69, 9.17) is 13.9 Å². The predicted molar refractivity (Wildman–Crippen MR) is 131 cm³/mol. The molecule has 5 rings (SSSR count). The molecule has 8 nitrogen and oxygen atoms in total. The lowest BCUT2D eigenvalue weighted by Crippen LogP contribution is -2.18. The van der Waals surface area contributed by atoms with E-state index in [-0.39, 0.29) is 6.10 Å². The fraction of sp³-hybridized carbons (Fsp3) is 0.296. The Morgan fingerprint density at radius 2 is 2.06 bits per heavy atom. The number of nitrogens with one attached hydrogen (secondary N) is 1. The largest absolute Gasteiger partial charge is 0.487 e. The number of nitriles is 1. The Labute approximate surface area is 203 Å². The number of nitrogens with zero attached hydrogens (tertiary/aromatic N) is 3. The van der Waals surface area contributed by atoms with Crippen LogP contribution in [-0.4, -0.2) is 21.7 Å². The number of carbonyl (C=O) groups excluding carboxylic acids is 1. The molecule has 0 bridgehead atoms. The fourth-order valence-corrected chi connectivity index (χ4v) is 4.34. The van der Waals surface area contributed by atoms with Gasteiger partial charge in [0.25, 0.3) is 0 Å². The van der Waals surface area contributed by atoms with Crippen LogP contribution in [0.2, 0.25) is 0 Å². The molecule has 0 saturated heterocycles.